The monoisotopic (exact) mass is 367 g/mol. The number of nitro benzene ring substituents is 1. The van der Waals surface area contributed by atoms with Gasteiger partial charge < -0.3 is 9.47 Å². The van der Waals surface area contributed by atoms with Crippen LogP contribution in [0.5, 0.6) is 11.5 Å². The van der Waals surface area contributed by atoms with Crippen molar-refractivity contribution in [2.45, 2.75) is 6.18 Å². The van der Waals surface area contributed by atoms with Crippen molar-refractivity contribution in [3.63, 3.8) is 0 Å². The van der Waals surface area contributed by atoms with Gasteiger partial charge in [0.1, 0.15) is 0 Å². The maximum Gasteiger partial charge on any atom is 0.416 e. The number of halogens is 3. The van der Waals surface area contributed by atoms with Crippen molar-refractivity contribution in [3.05, 3.63) is 69.8 Å². The lowest BCUT2D eigenvalue weighted by atomic mass is 10.1. The van der Waals surface area contributed by atoms with Crippen LogP contribution < -0.4 is 9.47 Å². The molecule has 0 aliphatic carbocycles. The van der Waals surface area contributed by atoms with Crippen LogP contribution in [0.3, 0.4) is 0 Å². The van der Waals surface area contributed by atoms with Crippen LogP contribution in [0.25, 0.3) is 6.08 Å². The van der Waals surface area contributed by atoms with Crippen molar-refractivity contribution in [2.24, 2.45) is 0 Å². The molecule has 0 saturated carbocycles. The van der Waals surface area contributed by atoms with E-state index in [1.165, 1.54) is 37.5 Å². The highest BCUT2D eigenvalue weighted by Gasteiger charge is 2.29. The molecule has 0 atom stereocenters. The summed E-state index contributed by atoms with van der Waals surface area (Å²) in [6.07, 6.45) is -2.20. The Bertz CT molecular complexity index is 844. The fourth-order valence-electron chi connectivity index (χ4n) is 1.95. The van der Waals surface area contributed by atoms with Gasteiger partial charge >= 0.3 is 12.1 Å². The van der Waals surface area contributed by atoms with Gasteiger partial charge in [-0.1, -0.05) is 12.1 Å². The van der Waals surface area contributed by atoms with E-state index in [-0.39, 0.29) is 17.2 Å². The van der Waals surface area contributed by atoms with Crippen molar-refractivity contribution in [1.29, 1.82) is 0 Å². The molecule has 0 saturated heterocycles. The first-order valence-electron chi connectivity index (χ1n) is 7.10. The maximum atomic E-state index is 12.5. The number of hydrogen-bond donors (Lipinski definition) is 0. The van der Waals surface area contributed by atoms with E-state index in [1.54, 1.807) is 0 Å². The van der Waals surface area contributed by atoms with Crippen LogP contribution in [0.1, 0.15) is 11.1 Å². The Morgan fingerprint density at radius 2 is 1.77 bits per heavy atom. The number of ether oxygens (including phenoxy) is 2. The predicted molar refractivity (Wildman–Crippen MR) is 85.8 cm³/mol. The first kappa shape index (κ1) is 19.0. The van der Waals surface area contributed by atoms with Crippen LogP contribution in [-0.4, -0.2) is 18.0 Å². The van der Waals surface area contributed by atoms with Gasteiger partial charge in [0.05, 0.1) is 23.7 Å². The Labute approximate surface area is 145 Å². The molecule has 0 aliphatic rings. The summed E-state index contributed by atoms with van der Waals surface area (Å²) < 4.78 is 47.4. The average Bonchev–Trinajstić information content (AvgIpc) is 2.59. The van der Waals surface area contributed by atoms with Gasteiger partial charge in [-0.15, -0.1) is 0 Å². The Morgan fingerprint density at radius 3 is 2.31 bits per heavy atom. The zero-order chi connectivity index (χ0) is 19.3. The Kier molecular flexibility index (Phi) is 5.61. The van der Waals surface area contributed by atoms with Crippen molar-refractivity contribution < 1.29 is 32.4 Å². The molecule has 26 heavy (non-hydrogen) atoms. The summed E-state index contributed by atoms with van der Waals surface area (Å²) in [6.45, 7) is 0. The Hall–Kier alpha value is -3.36. The lowest BCUT2D eigenvalue weighted by Gasteiger charge is -2.07. The third-order valence-corrected chi connectivity index (χ3v) is 3.22. The van der Waals surface area contributed by atoms with Gasteiger partial charge in [0.25, 0.3) is 5.69 Å². The molecule has 0 aliphatic heterocycles. The van der Waals surface area contributed by atoms with Gasteiger partial charge in [0.15, 0.2) is 11.5 Å². The number of nitro groups is 1. The number of hydrogen-bond acceptors (Lipinski definition) is 5. The second kappa shape index (κ2) is 7.68. The molecule has 2 aromatic rings. The zero-order valence-corrected chi connectivity index (χ0v) is 13.3. The van der Waals surface area contributed by atoms with E-state index >= 15 is 0 Å². The van der Waals surface area contributed by atoms with Crippen molar-refractivity contribution in [2.75, 3.05) is 7.11 Å². The number of carbonyl (C=O) groups excluding carboxylic acids is 1. The van der Waals surface area contributed by atoms with Crippen LogP contribution in [0, 0.1) is 10.1 Å². The van der Waals surface area contributed by atoms with E-state index < -0.39 is 22.6 Å². The number of rotatable bonds is 5. The topological polar surface area (TPSA) is 78.7 Å². The fraction of sp³-hybridized carbons (Fsp3) is 0.118. The zero-order valence-electron chi connectivity index (χ0n) is 13.3. The van der Waals surface area contributed by atoms with Crippen molar-refractivity contribution in [3.8, 4) is 11.5 Å². The molecule has 0 amide bonds. The number of non-ortho nitro benzene ring substituents is 1. The van der Waals surface area contributed by atoms with Crippen LogP contribution in [0.15, 0.2) is 48.5 Å². The van der Waals surface area contributed by atoms with Crippen molar-refractivity contribution in [1.82, 2.24) is 0 Å². The third kappa shape index (κ3) is 4.82. The summed E-state index contributed by atoms with van der Waals surface area (Å²) in [5, 5.41) is 10.8. The second-order valence-electron chi connectivity index (χ2n) is 4.97. The van der Waals surface area contributed by atoms with Gasteiger partial charge in [-0.3, -0.25) is 10.1 Å². The van der Waals surface area contributed by atoms with Crippen LogP contribution in [-0.2, 0) is 11.0 Å². The molecule has 0 aromatic heterocycles. The van der Waals surface area contributed by atoms with E-state index in [2.05, 4.69) is 0 Å². The Morgan fingerprint density at radius 1 is 1.12 bits per heavy atom. The fourth-order valence-corrected chi connectivity index (χ4v) is 1.95. The van der Waals surface area contributed by atoms with Crippen LogP contribution in [0.4, 0.5) is 18.9 Å². The highest BCUT2D eigenvalue weighted by Crippen LogP contribution is 2.31. The largest absolute Gasteiger partial charge is 0.493 e. The number of nitrogens with zero attached hydrogens (tertiary/aromatic N) is 1. The van der Waals surface area contributed by atoms with E-state index in [9.17, 15) is 28.1 Å². The first-order valence-corrected chi connectivity index (χ1v) is 7.10. The lowest BCUT2D eigenvalue weighted by Crippen LogP contribution is -2.06. The molecule has 9 heteroatoms. The van der Waals surface area contributed by atoms with Crippen LogP contribution in [0.2, 0.25) is 0 Å². The van der Waals surface area contributed by atoms with Gasteiger partial charge in [0, 0.05) is 12.1 Å². The van der Waals surface area contributed by atoms with Crippen LogP contribution >= 0.6 is 0 Å². The molecule has 0 N–H and O–H groups in total. The summed E-state index contributed by atoms with van der Waals surface area (Å²) in [4.78, 5) is 22.0. The number of esters is 1. The third-order valence-electron chi connectivity index (χ3n) is 3.22. The average molecular weight is 367 g/mol. The minimum atomic E-state index is -4.44. The molecule has 2 rings (SSSR count). The van der Waals surface area contributed by atoms with E-state index in [1.807, 2.05) is 0 Å². The number of alkyl halides is 3. The first-order chi connectivity index (χ1) is 12.2. The molecule has 0 heterocycles. The van der Waals surface area contributed by atoms with Gasteiger partial charge in [-0.2, -0.15) is 13.2 Å². The smallest absolute Gasteiger partial charge is 0.416 e. The molecular formula is C17H12F3NO5. The standard InChI is InChI=1S/C17H12F3NO5/c1-25-14-8-7-13(21(23)24)10-15(14)26-16(22)9-4-11-2-5-12(6-3-11)17(18,19)20/h2-10H,1H3/b9-4+. The highest BCUT2D eigenvalue weighted by molar-refractivity contribution is 5.89. The highest BCUT2D eigenvalue weighted by atomic mass is 19.4. The maximum absolute atomic E-state index is 12.5. The SMILES string of the molecule is COc1ccc([N+](=O)[O-])cc1OC(=O)/C=C/c1ccc(C(F)(F)F)cc1. The second-order valence-corrected chi connectivity index (χ2v) is 4.97. The minimum Gasteiger partial charge on any atom is -0.493 e. The minimum absolute atomic E-state index is 0.117. The summed E-state index contributed by atoms with van der Waals surface area (Å²) >= 11 is 0. The summed E-state index contributed by atoms with van der Waals surface area (Å²) in [5.41, 5.74) is -0.750. The quantitative estimate of drug-likeness (QED) is 0.260. The predicted octanol–water partition coefficient (Wildman–Crippen LogP) is 4.24. The number of methoxy groups -OCH3 is 1. The molecule has 2 aromatic carbocycles. The molecule has 0 radical (unpaired) electrons. The number of carbonyl (C=O) groups is 1. The molecule has 0 fully saturated rings. The van der Waals surface area contributed by atoms with Gasteiger partial charge in [0.2, 0.25) is 0 Å². The summed E-state index contributed by atoms with van der Waals surface area (Å²) in [6, 6.07) is 7.65. The normalized spacial score (nSPS) is 11.4. The molecule has 6 nitrogen and oxygen atoms in total. The molecule has 0 bridgehead atoms. The molecule has 0 unspecified atom stereocenters. The summed E-state index contributed by atoms with van der Waals surface area (Å²) in [5.74, 6) is -0.903. The molecule has 136 valence electrons. The summed E-state index contributed by atoms with van der Waals surface area (Å²) in [7, 11) is 1.30. The van der Waals surface area contributed by atoms with E-state index in [0.717, 1.165) is 24.3 Å². The number of benzene rings is 2. The molecular weight excluding hydrogens is 355 g/mol. The van der Waals surface area contributed by atoms with Gasteiger partial charge in [-0.05, 0) is 29.8 Å². The van der Waals surface area contributed by atoms with Gasteiger partial charge in [-0.25, -0.2) is 4.79 Å². The van der Waals surface area contributed by atoms with E-state index in [0.29, 0.717) is 5.56 Å². The lowest BCUT2D eigenvalue weighted by molar-refractivity contribution is -0.384. The Balaban J connectivity index is 2.12. The molecule has 0 spiro atoms. The van der Waals surface area contributed by atoms with Crippen molar-refractivity contribution >= 4 is 17.7 Å². The van der Waals surface area contributed by atoms with E-state index in [4.69, 9.17) is 9.47 Å².